The molecule has 1 heteroatoms. The molecule has 1 fully saturated rings. The zero-order valence-corrected chi connectivity index (χ0v) is 9.69. The van der Waals surface area contributed by atoms with E-state index in [1.165, 1.54) is 32.1 Å². The van der Waals surface area contributed by atoms with Gasteiger partial charge in [-0.25, -0.2) is 0 Å². The third-order valence-electron chi connectivity index (χ3n) is 3.16. The molecule has 0 atom stereocenters. The van der Waals surface area contributed by atoms with E-state index in [1.54, 1.807) is 0 Å². The molecule has 0 spiro atoms. The van der Waals surface area contributed by atoms with Crippen LogP contribution in [0.2, 0.25) is 0 Å². The number of rotatable bonds is 2. The smallest absolute Gasteiger partial charge is 0.00642 e. The molecular formula is C12H25N. The van der Waals surface area contributed by atoms with Crippen molar-refractivity contribution >= 4 is 0 Å². The Labute approximate surface area is 83.3 Å². The van der Waals surface area contributed by atoms with Gasteiger partial charge in [0.2, 0.25) is 0 Å². The van der Waals surface area contributed by atoms with E-state index in [2.05, 4.69) is 33.1 Å². The standard InChI is InChI=1S/C12H25N/c1-12(2,3)9-10-5-7-11(13-4)8-6-10/h10-11,13H,5-9H2,1-4H3/t10-,11+. The zero-order valence-electron chi connectivity index (χ0n) is 9.69. The lowest BCUT2D eigenvalue weighted by Gasteiger charge is -2.32. The first-order chi connectivity index (χ1) is 6.01. The molecule has 1 nitrogen and oxygen atoms in total. The summed E-state index contributed by atoms with van der Waals surface area (Å²) in [6.45, 7) is 7.07. The highest BCUT2D eigenvalue weighted by Crippen LogP contribution is 2.33. The summed E-state index contributed by atoms with van der Waals surface area (Å²) in [5.74, 6) is 0.990. The highest BCUT2D eigenvalue weighted by Gasteiger charge is 2.23. The third kappa shape index (κ3) is 4.12. The Morgan fingerprint density at radius 2 is 1.62 bits per heavy atom. The zero-order chi connectivity index (χ0) is 9.90. The van der Waals surface area contributed by atoms with Crippen molar-refractivity contribution in [2.75, 3.05) is 7.05 Å². The first-order valence-corrected chi connectivity index (χ1v) is 5.68. The molecule has 0 bridgehead atoms. The molecule has 1 aliphatic carbocycles. The van der Waals surface area contributed by atoms with Gasteiger partial charge in [-0.1, -0.05) is 20.8 Å². The average molecular weight is 183 g/mol. The largest absolute Gasteiger partial charge is 0.317 e. The van der Waals surface area contributed by atoms with Gasteiger partial charge in [-0.2, -0.15) is 0 Å². The van der Waals surface area contributed by atoms with Crippen molar-refractivity contribution in [2.24, 2.45) is 11.3 Å². The second-order valence-electron chi connectivity index (χ2n) is 5.77. The van der Waals surface area contributed by atoms with Crippen LogP contribution in [0.4, 0.5) is 0 Å². The van der Waals surface area contributed by atoms with Crippen molar-refractivity contribution < 1.29 is 0 Å². The van der Waals surface area contributed by atoms with Crippen molar-refractivity contribution in [3.63, 3.8) is 0 Å². The predicted molar refractivity (Wildman–Crippen MR) is 58.9 cm³/mol. The van der Waals surface area contributed by atoms with Gasteiger partial charge in [0, 0.05) is 6.04 Å². The summed E-state index contributed by atoms with van der Waals surface area (Å²) < 4.78 is 0. The molecule has 0 aromatic rings. The van der Waals surface area contributed by atoms with E-state index >= 15 is 0 Å². The van der Waals surface area contributed by atoms with Gasteiger partial charge < -0.3 is 5.32 Å². The molecule has 0 heterocycles. The van der Waals surface area contributed by atoms with Crippen molar-refractivity contribution in [1.82, 2.24) is 5.32 Å². The van der Waals surface area contributed by atoms with Gasteiger partial charge in [-0.3, -0.25) is 0 Å². The summed E-state index contributed by atoms with van der Waals surface area (Å²) in [6, 6.07) is 0.802. The third-order valence-corrected chi connectivity index (χ3v) is 3.16. The quantitative estimate of drug-likeness (QED) is 0.693. The van der Waals surface area contributed by atoms with E-state index in [-0.39, 0.29) is 0 Å². The molecule has 1 rings (SSSR count). The van der Waals surface area contributed by atoms with Gasteiger partial charge in [0.25, 0.3) is 0 Å². The minimum Gasteiger partial charge on any atom is -0.317 e. The molecule has 0 aliphatic heterocycles. The van der Waals surface area contributed by atoms with Crippen LogP contribution < -0.4 is 5.32 Å². The van der Waals surface area contributed by atoms with Gasteiger partial charge in [-0.05, 0) is 50.5 Å². The second kappa shape index (κ2) is 4.45. The summed E-state index contributed by atoms with van der Waals surface area (Å²) >= 11 is 0. The van der Waals surface area contributed by atoms with E-state index in [0.29, 0.717) is 5.41 Å². The van der Waals surface area contributed by atoms with E-state index in [0.717, 1.165) is 12.0 Å². The Kier molecular flexibility index (Phi) is 3.78. The average Bonchev–Trinajstić information content (AvgIpc) is 2.03. The van der Waals surface area contributed by atoms with Crippen LogP contribution in [0.15, 0.2) is 0 Å². The lowest BCUT2D eigenvalue weighted by atomic mass is 9.76. The first kappa shape index (κ1) is 11.0. The van der Waals surface area contributed by atoms with Crippen LogP contribution in [0.3, 0.4) is 0 Å². The Bertz CT molecular complexity index is 138. The fourth-order valence-electron chi connectivity index (χ4n) is 2.52. The summed E-state index contributed by atoms with van der Waals surface area (Å²) in [4.78, 5) is 0. The molecule has 0 amide bonds. The summed E-state index contributed by atoms with van der Waals surface area (Å²) in [6.07, 6.45) is 7.05. The molecule has 1 saturated carbocycles. The van der Waals surface area contributed by atoms with Crippen LogP contribution in [-0.4, -0.2) is 13.1 Å². The minimum atomic E-state index is 0.525. The molecule has 1 aliphatic rings. The summed E-state index contributed by atoms with van der Waals surface area (Å²) in [7, 11) is 2.09. The number of hydrogen-bond acceptors (Lipinski definition) is 1. The second-order valence-corrected chi connectivity index (χ2v) is 5.77. The van der Waals surface area contributed by atoms with E-state index in [9.17, 15) is 0 Å². The Morgan fingerprint density at radius 1 is 1.08 bits per heavy atom. The monoisotopic (exact) mass is 183 g/mol. The van der Waals surface area contributed by atoms with E-state index in [1.807, 2.05) is 0 Å². The minimum absolute atomic E-state index is 0.525. The van der Waals surface area contributed by atoms with Crippen LogP contribution in [0.1, 0.15) is 52.9 Å². The van der Waals surface area contributed by atoms with Crippen LogP contribution in [-0.2, 0) is 0 Å². The summed E-state index contributed by atoms with van der Waals surface area (Å²) in [5.41, 5.74) is 0.525. The van der Waals surface area contributed by atoms with Crippen molar-refractivity contribution in [3.05, 3.63) is 0 Å². The van der Waals surface area contributed by atoms with Crippen molar-refractivity contribution in [2.45, 2.75) is 58.9 Å². The maximum Gasteiger partial charge on any atom is 0.00642 e. The fourth-order valence-corrected chi connectivity index (χ4v) is 2.52. The lowest BCUT2D eigenvalue weighted by molar-refractivity contribution is 0.219. The normalized spacial score (nSPS) is 30.5. The van der Waals surface area contributed by atoms with Gasteiger partial charge in [0.15, 0.2) is 0 Å². The molecule has 0 unspecified atom stereocenters. The van der Waals surface area contributed by atoms with Gasteiger partial charge in [0.05, 0.1) is 0 Å². The molecule has 13 heavy (non-hydrogen) atoms. The lowest BCUT2D eigenvalue weighted by Crippen LogP contribution is -2.31. The van der Waals surface area contributed by atoms with Crippen LogP contribution in [0.5, 0.6) is 0 Å². The fraction of sp³-hybridized carbons (Fsp3) is 1.00. The van der Waals surface area contributed by atoms with Crippen molar-refractivity contribution in [1.29, 1.82) is 0 Å². The summed E-state index contributed by atoms with van der Waals surface area (Å²) in [5, 5.41) is 3.39. The molecule has 0 aromatic heterocycles. The first-order valence-electron chi connectivity index (χ1n) is 5.68. The predicted octanol–water partition coefficient (Wildman–Crippen LogP) is 3.20. The van der Waals surface area contributed by atoms with Crippen LogP contribution in [0.25, 0.3) is 0 Å². The van der Waals surface area contributed by atoms with Gasteiger partial charge in [0.1, 0.15) is 0 Å². The molecular weight excluding hydrogens is 158 g/mol. The van der Waals surface area contributed by atoms with E-state index < -0.39 is 0 Å². The highest BCUT2D eigenvalue weighted by atomic mass is 14.9. The highest BCUT2D eigenvalue weighted by molar-refractivity contribution is 4.78. The SMILES string of the molecule is CN[C@H]1CC[C@@H](CC(C)(C)C)CC1. The van der Waals surface area contributed by atoms with Crippen LogP contribution >= 0.6 is 0 Å². The maximum absolute atomic E-state index is 3.39. The van der Waals surface area contributed by atoms with Crippen LogP contribution in [0, 0.1) is 11.3 Å². The maximum atomic E-state index is 3.39. The molecule has 1 N–H and O–H groups in total. The van der Waals surface area contributed by atoms with Gasteiger partial charge >= 0.3 is 0 Å². The number of nitrogens with one attached hydrogen (secondary N) is 1. The van der Waals surface area contributed by atoms with Crippen molar-refractivity contribution in [3.8, 4) is 0 Å². The Balaban J connectivity index is 2.25. The molecule has 78 valence electrons. The molecule has 0 radical (unpaired) electrons. The Morgan fingerprint density at radius 3 is 2.00 bits per heavy atom. The molecule has 0 aromatic carbocycles. The Hall–Kier alpha value is -0.0400. The van der Waals surface area contributed by atoms with Gasteiger partial charge in [-0.15, -0.1) is 0 Å². The topological polar surface area (TPSA) is 12.0 Å². The number of hydrogen-bond donors (Lipinski definition) is 1. The van der Waals surface area contributed by atoms with E-state index in [4.69, 9.17) is 0 Å². The molecule has 0 saturated heterocycles.